The van der Waals surface area contributed by atoms with Crippen LogP contribution in [-0.2, 0) is 41.8 Å². The molecule has 4 aromatic rings. The van der Waals surface area contributed by atoms with Gasteiger partial charge in [-0.1, -0.05) is 76.6 Å². The maximum absolute atomic E-state index is 12.5. The minimum absolute atomic E-state index is 0.0248. The Hall–Kier alpha value is -4.44. The molecule has 2 aliphatic rings. The zero-order chi connectivity index (χ0) is 47.6. The van der Waals surface area contributed by atoms with E-state index in [1.807, 2.05) is 98.2 Å². The summed E-state index contributed by atoms with van der Waals surface area (Å²) in [5.74, 6) is -0.440. The SMILES string of the molecule is CCCCC[C@H](O)c1ccc(N2C(=O)CC[C@@H]2COCc2ccc(C(=O)OC(C)C)s2)cc1.CCCCC[C@H](O)c1ccc(N2C(=O)CC[C@@H]2COCc2ccc(C(=O)OC(C)C)s2)cc1. The highest BCUT2D eigenvalue weighted by Crippen LogP contribution is 2.32. The van der Waals surface area contributed by atoms with Gasteiger partial charge in [0.2, 0.25) is 11.8 Å². The summed E-state index contributed by atoms with van der Waals surface area (Å²) in [4.78, 5) is 55.8. The molecular formula is C52H70N2O10S2. The van der Waals surface area contributed by atoms with E-state index in [2.05, 4.69) is 13.8 Å². The number of anilines is 2. The first kappa shape index (κ1) is 52.5. The number of hydrogen-bond acceptors (Lipinski definition) is 12. The van der Waals surface area contributed by atoms with Crippen LogP contribution >= 0.6 is 22.7 Å². The van der Waals surface area contributed by atoms with Crippen LogP contribution in [0.2, 0.25) is 0 Å². The summed E-state index contributed by atoms with van der Waals surface area (Å²) in [6.45, 7) is 13.2. The molecule has 2 fully saturated rings. The lowest BCUT2D eigenvalue weighted by Crippen LogP contribution is -2.36. The van der Waals surface area contributed by atoms with E-state index < -0.39 is 12.2 Å². The van der Waals surface area contributed by atoms with Gasteiger partial charge in [-0.05, 0) is 113 Å². The quantitative estimate of drug-likeness (QED) is 0.0513. The number of unbranched alkanes of at least 4 members (excludes halogenated alkanes) is 4. The second kappa shape index (κ2) is 26.8. The summed E-state index contributed by atoms with van der Waals surface area (Å²) in [5.41, 5.74) is 3.45. The first-order valence-electron chi connectivity index (χ1n) is 23.7. The van der Waals surface area contributed by atoms with Gasteiger partial charge in [0, 0.05) is 34.0 Å². The molecule has 0 saturated carbocycles. The number of esters is 2. The van der Waals surface area contributed by atoms with Gasteiger partial charge < -0.3 is 39.0 Å². The minimum Gasteiger partial charge on any atom is -0.459 e. The zero-order valence-corrected chi connectivity index (χ0v) is 41.2. The largest absolute Gasteiger partial charge is 0.459 e. The number of aliphatic hydroxyl groups excluding tert-OH is 2. The Morgan fingerprint density at radius 3 is 1.32 bits per heavy atom. The third-order valence-electron chi connectivity index (χ3n) is 11.4. The van der Waals surface area contributed by atoms with Crippen LogP contribution in [0, 0.1) is 0 Å². The first-order valence-corrected chi connectivity index (χ1v) is 25.4. The molecule has 2 saturated heterocycles. The molecule has 2 amide bonds. The van der Waals surface area contributed by atoms with E-state index in [9.17, 15) is 29.4 Å². The number of benzene rings is 2. The summed E-state index contributed by atoms with van der Waals surface area (Å²) in [6.07, 6.45) is 9.29. The zero-order valence-electron chi connectivity index (χ0n) is 39.6. The van der Waals surface area contributed by atoms with Crippen molar-refractivity contribution in [1.82, 2.24) is 0 Å². The highest BCUT2D eigenvalue weighted by atomic mass is 32.1. The lowest BCUT2D eigenvalue weighted by atomic mass is 10.0. The Morgan fingerprint density at radius 2 is 0.970 bits per heavy atom. The second-order valence-corrected chi connectivity index (χ2v) is 19.9. The Bertz CT molecular complexity index is 1970. The van der Waals surface area contributed by atoms with Gasteiger partial charge in [-0.2, -0.15) is 0 Å². The second-order valence-electron chi connectivity index (χ2n) is 17.6. The third-order valence-corrected chi connectivity index (χ3v) is 13.5. The van der Waals surface area contributed by atoms with E-state index >= 15 is 0 Å². The highest BCUT2D eigenvalue weighted by molar-refractivity contribution is 7.14. The molecule has 14 heteroatoms. The average molecular weight is 947 g/mol. The molecule has 4 atom stereocenters. The highest BCUT2D eigenvalue weighted by Gasteiger charge is 2.34. The number of carbonyl (C=O) groups excluding carboxylic acids is 4. The Kier molecular flexibility index (Phi) is 21.3. The molecule has 360 valence electrons. The van der Waals surface area contributed by atoms with Crippen LogP contribution in [0.1, 0.15) is 171 Å². The molecule has 2 aromatic carbocycles. The van der Waals surface area contributed by atoms with Crippen LogP contribution in [0.5, 0.6) is 0 Å². The Labute approximate surface area is 399 Å². The van der Waals surface area contributed by atoms with Crippen LogP contribution in [0.3, 0.4) is 0 Å². The van der Waals surface area contributed by atoms with E-state index in [0.717, 1.165) is 96.5 Å². The number of aliphatic hydroxyl groups is 2. The molecule has 0 radical (unpaired) electrons. The van der Waals surface area contributed by atoms with Crippen LogP contribution in [0.15, 0.2) is 72.8 Å². The van der Waals surface area contributed by atoms with Gasteiger partial charge >= 0.3 is 11.9 Å². The van der Waals surface area contributed by atoms with E-state index in [0.29, 0.717) is 49.0 Å². The number of nitrogens with zero attached hydrogens (tertiary/aromatic N) is 2. The van der Waals surface area contributed by atoms with E-state index in [1.165, 1.54) is 22.7 Å². The van der Waals surface area contributed by atoms with Gasteiger partial charge in [-0.25, -0.2) is 9.59 Å². The molecule has 0 spiro atoms. The smallest absolute Gasteiger partial charge is 0.348 e. The molecule has 0 unspecified atom stereocenters. The van der Waals surface area contributed by atoms with Gasteiger partial charge in [-0.15, -0.1) is 22.7 Å². The molecule has 0 aliphatic carbocycles. The molecule has 2 N–H and O–H groups in total. The molecule has 2 aromatic heterocycles. The van der Waals surface area contributed by atoms with Crippen molar-refractivity contribution in [2.75, 3.05) is 23.0 Å². The first-order chi connectivity index (χ1) is 31.8. The molecule has 66 heavy (non-hydrogen) atoms. The van der Waals surface area contributed by atoms with E-state index in [4.69, 9.17) is 18.9 Å². The molecular weight excluding hydrogens is 877 g/mol. The number of ether oxygens (including phenoxy) is 4. The lowest BCUT2D eigenvalue weighted by molar-refractivity contribution is -0.118. The fourth-order valence-corrected chi connectivity index (χ4v) is 9.66. The van der Waals surface area contributed by atoms with Gasteiger partial charge in [0.15, 0.2) is 0 Å². The predicted octanol–water partition coefficient (Wildman–Crippen LogP) is 11.3. The summed E-state index contributed by atoms with van der Waals surface area (Å²) in [5, 5.41) is 20.8. The monoisotopic (exact) mass is 946 g/mol. The number of amides is 2. The Balaban J connectivity index is 0.000000247. The number of thiophene rings is 2. The topological polar surface area (TPSA) is 152 Å². The Morgan fingerprint density at radius 1 is 0.591 bits per heavy atom. The molecule has 6 rings (SSSR count). The van der Waals surface area contributed by atoms with Crippen LogP contribution in [-0.4, -0.2) is 71.5 Å². The maximum Gasteiger partial charge on any atom is 0.348 e. The van der Waals surface area contributed by atoms with Crippen LogP contribution < -0.4 is 9.80 Å². The van der Waals surface area contributed by atoms with Crippen molar-refractivity contribution in [3.8, 4) is 0 Å². The average Bonchev–Trinajstić information content (AvgIpc) is 4.12. The lowest BCUT2D eigenvalue weighted by Gasteiger charge is -2.25. The van der Waals surface area contributed by atoms with Crippen molar-refractivity contribution < 1.29 is 48.3 Å². The van der Waals surface area contributed by atoms with Crippen molar-refractivity contribution >= 4 is 57.8 Å². The number of rotatable bonds is 24. The number of carbonyl (C=O) groups is 4. The molecule has 0 bridgehead atoms. The fraction of sp³-hybridized carbons (Fsp3) is 0.538. The summed E-state index contributed by atoms with van der Waals surface area (Å²) in [6, 6.07) is 22.6. The normalized spacial score (nSPS) is 17.1. The van der Waals surface area contributed by atoms with E-state index in [1.54, 1.807) is 12.1 Å². The summed E-state index contributed by atoms with van der Waals surface area (Å²) >= 11 is 2.74. The van der Waals surface area contributed by atoms with Crippen molar-refractivity contribution in [1.29, 1.82) is 0 Å². The minimum atomic E-state index is -0.465. The van der Waals surface area contributed by atoms with Gasteiger partial charge in [0.05, 0.1) is 62.9 Å². The van der Waals surface area contributed by atoms with Crippen LogP contribution in [0.4, 0.5) is 11.4 Å². The maximum atomic E-state index is 12.5. The number of hydrogen-bond donors (Lipinski definition) is 2. The molecule has 12 nitrogen and oxygen atoms in total. The summed E-state index contributed by atoms with van der Waals surface area (Å²) < 4.78 is 22.3. The molecule has 4 heterocycles. The van der Waals surface area contributed by atoms with Crippen molar-refractivity contribution in [3.63, 3.8) is 0 Å². The van der Waals surface area contributed by atoms with Crippen molar-refractivity contribution in [3.05, 3.63) is 103 Å². The van der Waals surface area contributed by atoms with Crippen molar-refractivity contribution in [2.45, 2.75) is 168 Å². The molecule has 2 aliphatic heterocycles. The van der Waals surface area contributed by atoms with Crippen LogP contribution in [0.25, 0.3) is 0 Å². The van der Waals surface area contributed by atoms with Crippen molar-refractivity contribution in [2.24, 2.45) is 0 Å². The van der Waals surface area contributed by atoms with Gasteiger partial charge in [-0.3, -0.25) is 9.59 Å². The summed E-state index contributed by atoms with van der Waals surface area (Å²) in [7, 11) is 0. The standard InChI is InChI=1S/2C26H35NO5S/c2*1-4-5-6-7-23(28)19-8-10-20(11-9-19)27-21(12-15-25(27)29)16-31-17-22-13-14-24(33-22)26(30)32-18(2)3/h2*8-11,13-14,18,21,23,28H,4-7,12,15-17H2,1-3H3/t2*21-,23+/m11/s1. The van der Waals surface area contributed by atoms with Gasteiger partial charge in [0.25, 0.3) is 0 Å². The third kappa shape index (κ3) is 15.8. The van der Waals surface area contributed by atoms with E-state index in [-0.39, 0.29) is 48.0 Å². The van der Waals surface area contributed by atoms with Gasteiger partial charge in [0.1, 0.15) is 9.75 Å². The fourth-order valence-electron chi connectivity index (χ4n) is 8.00. The predicted molar refractivity (Wildman–Crippen MR) is 261 cm³/mol.